The lowest BCUT2D eigenvalue weighted by Crippen LogP contribution is -2.54. The lowest BCUT2D eigenvalue weighted by Gasteiger charge is -2.20. The first kappa shape index (κ1) is 24.7. The fraction of sp³-hybridized carbons (Fsp3) is 0.571. The van der Waals surface area contributed by atoms with Crippen LogP contribution in [0.5, 0.6) is 0 Å². The Kier molecular flexibility index (Phi) is 10.8. The molecule has 3 atom stereocenters. The second-order valence-electron chi connectivity index (χ2n) is 5.63. The van der Waals surface area contributed by atoms with Gasteiger partial charge in [0.2, 0.25) is 23.6 Å². The summed E-state index contributed by atoms with van der Waals surface area (Å²) < 4.78 is 0. The van der Waals surface area contributed by atoms with E-state index in [4.69, 9.17) is 26.8 Å². The lowest BCUT2D eigenvalue weighted by atomic mass is 10.1. The number of hydrogen-bond donors (Lipinski definition) is 8. The van der Waals surface area contributed by atoms with Gasteiger partial charge in [0.05, 0.1) is 25.6 Å². The average molecular weight is 405 g/mol. The number of primary amides is 1. The molecule has 0 aliphatic heterocycles. The molecule has 0 radical (unpaired) electrons. The maximum Gasteiger partial charge on any atom is 0.328 e. The van der Waals surface area contributed by atoms with E-state index in [0.29, 0.717) is 0 Å². The van der Waals surface area contributed by atoms with Crippen LogP contribution in [-0.4, -0.2) is 82.2 Å². The highest BCUT2D eigenvalue weighted by atomic mass is 16.4. The molecule has 0 heterocycles. The van der Waals surface area contributed by atoms with E-state index in [2.05, 4.69) is 10.6 Å². The van der Waals surface area contributed by atoms with E-state index in [0.717, 1.165) is 0 Å². The molecule has 0 aromatic heterocycles. The SMILES string of the molecule is NC(=O)C[C@H](N)C(=O)NCC(=O)N[C@@H](CCC(=O)O)C(=O)N[C@@H](CO)C(=O)O. The predicted molar refractivity (Wildman–Crippen MR) is 90.2 cm³/mol. The van der Waals surface area contributed by atoms with Gasteiger partial charge in [-0.2, -0.15) is 0 Å². The van der Waals surface area contributed by atoms with E-state index in [1.807, 2.05) is 5.32 Å². The fourth-order valence-corrected chi connectivity index (χ4v) is 1.85. The van der Waals surface area contributed by atoms with Crippen LogP contribution in [0.2, 0.25) is 0 Å². The summed E-state index contributed by atoms with van der Waals surface area (Å²) in [4.78, 5) is 67.8. The number of nitrogens with one attached hydrogen (secondary N) is 3. The minimum absolute atomic E-state index is 0.375. The Balaban J connectivity index is 4.84. The van der Waals surface area contributed by atoms with Gasteiger partial charge in [0.25, 0.3) is 0 Å². The summed E-state index contributed by atoms with van der Waals surface area (Å²) in [7, 11) is 0. The monoisotopic (exact) mass is 405 g/mol. The Labute approximate surface area is 158 Å². The van der Waals surface area contributed by atoms with Crippen LogP contribution in [-0.2, 0) is 28.8 Å². The third-order valence-electron chi connectivity index (χ3n) is 3.28. The molecule has 0 saturated carbocycles. The molecular formula is C14H23N5O9. The zero-order valence-corrected chi connectivity index (χ0v) is 14.7. The third kappa shape index (κ3) is 10.0. The Bertz CT molecular complexity index is 624. The van der Waals surface area contributed by atoms with Crippen molar-refractivity contribution in [3.8, 4) is 0 Å². The quantitative estimate of drug-likeness (QED) is 0.145. The van der Waals surface area contributed by atoms with Gasteiger partial charge in [0.15, 0.2) is 0 Å². The highest BCUT2D eigenvalue weighted by molar-refractivity contribution is 5.93. The number of aliphatic carboxylic acids is 2. The molecule has 0 spiro atoms. The van der Waals surface area contributed by atoms with Crippen LogP contribution in [0, 0.1) is 0 Å². The molecule has 0 aliphatic rings. The van der Waals surface area contributed by atoms with Gasteiger partial charge in [-0.3, -0.25) is 24.0 Å². The molecule has 0 saturated heterocycles. The standard InChI is InChI=1S/C14H23N5O9/c15-6(3-9(16)21)12(25)17-4-10(22)18-7(1-2-11(23)24)13(26)19-8(5-20)14(27)28/h6-8,20H,1-5,15H2,(H2,16,21)(H,17,25)(H,18,22)(H,19,26)(H,23,24)(H,27,28)/t6-,7-,8-/m0/s1. The van der Waals surface area contributed by atoms with Gasteiger partial charge in [0, 0.05) is 6.42 Å². The second kappa shape index (κ2) is 12.2. The topological polar surface area (TPSA) is 251 Å². The van der Waals surface area contributed by atoms with E-state index >= 15 is 0 Å². The van der Waals surface area contributed by atoms with Gasteiger partial charge < -0.3 is 42.7 Å². The average Bonchev–Trinajstić information content (AvgIpc) is 2.59. The summed E-state index contributed by atoms with van der Waals surface area (Å²) >= 11 is 0. The van der Waals surface area contributed by atoms with Crippen LogP contribution in [0.4, 0.5) is 0 Å². The van der Waals surface area contributed by atoms with E-state index in [1.165, 1.54) is 0 Å². The molecule has 0 aromatic rings. The number of aliphatic hydroxyl groups is 1. The van der Waals surface area contributed by atoms with Crippen LogP contribution in [0.25, 0.3) is 0 Å². The smallest absolute Gasteiger partial charge is 0.328 e. The van der Waals surface area contributed by atoms with E-state index < -0.39 is 79.7 Å². The molecule has 158 valence electrons. The van der Waals surface area contributed by atoms with Gasteiger partial charge in [-0.25, -0.2) is 4.79 Å². The van der Waals surface area contributed by atoms with Gasteiger partial charge in [0.1, 0.15) is 12.1 Å². The maximum absolute atomic E-state index is 12.1. The van der Waals surface area contributed by atoms with Crippen LogP contribution in [0.15, 0.2) is 0 Å². The summed E-state index contributed by atoms with van der Waals surface area (Å²) in [5.74, 6) is -6.42. The fourth-order valence-electron chi connectivity index (χ4n) is 1.85. The molecule has 0 fully saturated rings. The number of carbonyl (C=O) groups excluding carboxylic acids is 4. The molecule has 10 N–H and O–H groups in total. The van der Waals surface area contributed by atoms with Crippen molar-refractivity contribution < 1.29 is 44.1 Å². The predicted octanol–water partition coefficient (Wildman–Crippen LogP) is -4.78. The first-order valence-electron chi connectivity index (χ1n) is 7.94. The summed E-state index contributed by atoms with van der Waals surface area (Å²) in [6.45, 7) is -1.57. The minimum Gasteiger partial charge on any atom is -0.481 e. The normalized spacial score (nSPS) is 13.5. The zero-order chi connectivity index (χ0) is 21.9. The molecule has 0 aliphatic carbocycles. The molecule has 0 rings (SSSR count). The third-order valence-corrected chi connectivity index (χ3v) is 3.28. The summed E-state index contributed by atoms with van der Waals surface area (Å²) in [6.07, 6.45) is -1.35. The number of aliphatic hydroxyl groups excluding tert-OH is 1. The number of rotatable bonds is 13. The van der Waals surface area contributed by atoms with Crippen LogP contribution >= 0.6 is 0 Å². The van der Waals surface area contributed by atoms with Crippen molar-refractivity contribution in [3.05, 3.63) is 0 Å². The lowest BCUT2D eigenvalue weighted by molar-refractivity contribution is -0.144. The minimum atomic E-state index is -1.65. The van der Waals surface area contributed by atoms with Crippen molar-refractivity contribution in [1.82, 2.24) is 16.0 Å². The van der Waals surface area contributed by atoms with Crippen LogP contribution < -0.4 is 27.4 Å². The molecule has 0 unspecified atom stereocenters. The van der Waals surface area contributed by atoms with Crippen molar-refractivity contribution >= 4 is 35.6 Å². The highest BCUT2D eigenvalue weighted by Gasteiger charge is 2.27. The molecule has 14 heteroatoms. The van der Waals surface area contributed by atoms with Crippen molar-refractivity contribution in [2.75, 3.05) is 13.2 Å². The number of carboxylic acids is 2. The molecule has 4 amide bonds. The summed E-state index contributed by atoms with van der Waals surface area (Å²) in [6, 6.07) is -4.37. The maximum atomic E-state index is 12.1. The molecule has 28 heavy (non-hydrogen) atoms. The molecular weight excluding hydrogens is 382 g/mol. The number of carbonyl (C=O) groups is 6. The molecule has 14 nitrogen and oxygen atoms in total. The number of hydrogen-bond acceptors (Lipinski definition) is 8. The largest absolute Gasteiger partial charge is 0.481 e. The van der Waals surface area contributed by atoms with E-state index in [1.54, 1.807) is 0 Å². The second-order valence-corrected chi connectivity index (χ2v) is 5.63. The van der Waals surface area contributed by atoms with Crippen molar-refractivity contribution in [3.63, 3.8) is 0 Å². The Morgan fingerprint density at radius 3 is 2.00 bits per heavy atom. The first-order valence-corrected chi connectivity index (χ1v) is 7.94. The summed E-state index contributed by atoms with van der Waals surface area (Å²) in [5.41, 5.74) is 10.3. The van der Waals surface area contributed by atoms with Gasteiger partial charge in [-0.15, -0.1) is 0 Å². The van der Waals surface area contributed by atoms with Crippen molar-refractivity contribution in [2.45, 2.75) is 37.4 Å². The molecule has 0 bridgehead atoms. The van der Waals surface area contributed by atoms with Gasteiger partial charge >= 0.3 is 11.9 Å². The van der Waals surface area contributed by atoms with Crippen LogP contribution in [0.3, 0.4) is 0 Å². The number of nitrogens with two attached hydrogens (primary N) is 2. The highest BCUT2D eigenvalue weighted by Crippen LogP contribution is 2.00. The zero-order valence-electron chi connectivity index (χ0n) is 14.7. The van der Waals surface area contributed by atoms with Gasteiger partial charge in [-0.1, -0.05) is 0 Å². The Hall–Kier alpha value is -3.26. The summed E-state index contributed by atoms with van der Waals surface area (Å²) in [5, 5.41) is 32.6. The van der Waals surface area contributed by atoms with Crippen molar-refractivity contribution in [1.29, 1.82) is 0 Å². The van der Waals surface area contributed by atoms with Gasteiger partial charge in [-0.05, 0) is 6.42 Å². The molecule has 0 aromatic carbocycles. The van der Waals surface area contributed by atoms with Crippen molar-refractivity contribution in [2.24, 2.45) is 11.5 Å². The number of amides is 4. The first-order chi connectivity index (χ1) is 13.0. The Morgan fingerprint density at radius 1 is 0.929 bits per heavy atom. The number of carboxylic acid groups (broad SMARTS) is 2. The van der Waals surface area contributed by atoms with Crippen LogP contribution in [0.1, 0.15) is 19.3 Å². The van der Waals surface area contributed by atoms with E-state index in [-0.39, 0.29) is 6.42 Å². The van der Waals surface area contributed by atoms with E-state index in [9.17, 15) is 28.8 Å². The Morgan fingerprint density at radius 2 is 1.54 bits per heavy atom.